The number of anilines is 1. The molecule has 0 N–H and O–H groups in total. The molecule has 0 unspecified atom stereocenters. The summed E-state index contributed by atoms with van der Waals surface area (Å²) in [5, 5.41) is 0.899. The first-order valence-corrected chi connectivity index (χ1v) is 7.36. The lowest BCUT2D eigenvalue weighted by Crippen LogP contribution is -2.23. The number of hydrogen-bond donors (Lipinski definition) is 0. The molecule has 17 heavy (non-hydrogen) atoms. The van der Waals surface area contributed by atoms with E-state index in [4.69, 9.17) is 4.74 Å². The molecule has 0 radical (unpaired) electrons. The number of alkyl halides is 1. The van der Waals surface area contributed by atoms with E-state index < -0.39 is 0 Å². The van der Waals surface area contributed by atoms with Crippen molar-refractivity contribution in [2.24, 2.45) is 5.92 Å². The van der Waals surface area contributed by atoms with Gasteiger partial charge in [0.2, 0.25) is 0 Å². The van der Waals surface area contributed by atoms with E-state index in [0.717, 1.165) is 31.0 Å². The average molecular weight is 298 g/mol. The van der Waals surface area contributed by atoms with Crippen LogP contribution in [0.15, 0.2) is 24.3 Å². The SMILES string of the molecule is CN(CCOCC1CC1)c1ccccc1CBr. The minimum Gasteiger partial charge on any atom is -0.379 e. The van der Waals surface area contributed by atoms with Crippen molar-refractivity contribution in [2.75, 3.05) is 31.7 Å². The van der Waals surface area contributed by atoms with Gasteiger partial charge in [0.1, 0.15) is 0 Å². The number of hydrogen-bond acceptors (Lipinski definition) is 2. The van der Waals surface area contributed by atoms with Crippen molar-refractivity contribution in [1.82, 2.24) is 0 Å². The molecule has 0 aromatic heterocycles. The van der Waals surface area contributed by atoms with Crippen LogP contribution in [0.3, 0.4) is 0 Å². The fraction of sp³-hybridized carbons (Fsp3) is 0.571. The highest BCUT2D eigenvalue weighted by Crippen LogP contribution is 2.28. The fourth-order valence-electron chi connectivity index (χ4n) is 1.85. The number of para-hydroxylation sites is 1. The van der Waals surface area contributed by atoms with Gasteiger partial charge in [-0.3, -0.25) is 0 Å². The number of ether oxygens (including phenoxy) is 1. The van der Waals surface area contributed by atoms with E-state index in [9.17, 15) is 0 Å². The van der Waals surface area contributed by atoms with Crippen molar-refractivity contribution in [2.45, 2.75) is 18.2 Å². The Balaban J connectivity index is 1.78. The van der Waals surface area contributed by atoms with E-state index in [1.807, 2.05) is 0 Å². The van der Waals surface area contributed by atoms with Gasteiger partial charge in [-0.15, -0.1) is 0 Å². The van der Waals surface area contributed by atoms with Gasteiger partial charge >= 0.3 is 0 Å². The molecule has 0 bridgehead atoms. The molecule has 94 valence electrons. The minimum atomic E-state index is 0.823. The summed E-state index contributed by atoms with van der Waals surface area (Å²) in [6.45, 7) is 2.73. The molecular formula is C14H20BrNO. The van der Waals surface area contributed by atoms with Gasteiger partial charge in [0.25, 0.3) is 0 Å². The van der Waals surface area contributed by atoms with Gasteiger partial charge < -0.3 is 9.64 Å². The number of rotatable bonds is 7. The number of likely N-dealkylation sites (N-methyl/N-ethyl adjacent to an activating group) is 1. The Bertz CT molecular complexity index is 352. The number of benzene rings is 1. The quantitative estimate of drug-likeness (QED) is 0.565. The van der Waals surface area contributed by atoms with E-state index in [-0.39, 0.29) is 0 Å². The van der Waals surface area contributed by atoms with Gasteiger partial charge in [0.05, 0.1) is 6.61 Å². The Morgan fingerprint density at radius 3 is 2.82 bits per heavy atom. The van der Waals surface area contributed by atoms with E-state index in [2.05, 4.69) is 52.1 Å². The van der Waals surface area contributed by atoms with Crippen LogP contribution >= 0.6 is 15.9 Å². The van der Waals surface area contributed by atoms with Crippen LogP contribution in [-0.4, -0.2) is 26.8 Å². The fourth-order valence-corrected chi connectivity index (χ4v) is 2.33. The largest absolute Gasteiger partial charge is 0.379 e. The summed E-state index contributed by atoms with van der Waals surface area (Å²) in [7, 11) is 2.13. The molecule has 1 fully saturated rings. The normalized spacial score (nSPS) is 14.9. The highest BCUT2D eigenvalue weighted by Gasteiger charge is 2.21. The van der Waals surface area contributed by atoms with Gasteiger partial charge in [-0.25, -0.2) is 0 Å². The van der Waals surface area contributed by atoms with Crippen molar-refractivity contribution in [3.63, 3.8) is 0 Å². The molecule has 3 heteroatoms. The second kappa shape index (κ2) is 6.41. The maximum atomic E-state index is 5.67. The molecule has 0 amide bonds. The summed E-state index contributed by atoms with van der Waals surface area (Å²) in [6.07, 6.45) is 2.73. The van der Waals surface area contributed by atoms with Gasteiger partial charge in [0, 0.05) is 31.2 Å². The zero-order valence-electron chi connectivity index (χ0n) is 10.4. The van der Waals surface area contributed by atoms with Crippen molar-refractivity contribution in [1.29, 1.82) is 0 Å². The van der Waals surface area contributed by atoms with E-state index in [1.54, 1.807) is 0 Å². The van der Waals surface area contributed by atoms with Crippen molar-refractivity contribution < 1.29 is 4.74 Å². The Morgan fingerprint density at radius 1 is 1.35 bits per heavy atom. The Labute approximate surface area is 112 Å². The van der Waals surface area contributed by atoms with Crippen LogP contribution in [0.4, 0.5) is 5.69 Å². The molecule has 0 saturated heterocycles. The van der Waals surface area contributed by atoms with E-state index in [1.165, 1.54) is 24.1 Å². The summed E-state index contributed by atoms with van der Waals surface area (Å²) < 4.78 is 5.67. The van der Waals surface area contributed by atoms with Crippen molar-refractivity contribution >= 4 is 21.6 Å². The van der Waals surface area contributed by atoms with E-state index in [0.29, 0.717) is 0 Å². The van der Waals surface area contributed by atoms with Crippen LogP contribution < -0.4 is 4.90 Å². The molecule has 2 rings (SSSR count). The van der Waals surface area contributed by atoms with Gasteiger partial charge in [-0.1, -0.05) is 34.1 Å². The second-order valence-electron chi connectivity index (χ2n) is 4.70. The minimum absolute atomic E-state index is 0.823. The lowest BCUT2D eigenvalue weighted by atomic mass is 10.2. The topological polar surface area (TPSA) is 12.5 Å². The second-order valence-corrected chi connectivity index (χ2v) is 5.26. The molecule has 1 aromatic rings. The van der Waals surface area contributed by atoms with Crippen LogP contribution in [0.2, 0.25) is 0 Å². The summed E-state index contributed by atoms with van der Waals surface area (Å²) in [5.74, 6) is 0.857. The predicted octanol–water partition coefficient (Wildman–Crippen LogP) is 3.44. The Morgan fingerprint density at radius 2 is 2.12 bits per heavy atom. The summed E-state index contributed by atoms with van der Waals surface area (Å²) in [4.78, 5) is 2.27. The first-order chi connectivity index (χ1) is 8.31. The highest BCUT2D eigenvalue weighted by molar-refractivity contribution is 9.08. The molecule has 0 heterocycles. The molecule has 1 aliphatic rings. The van der Waals surface area contributed by atoms with Crippen LogP contribution in [0.5, 0.6) is 0 Å². The van der Waals surface area contributed by atoms with Gasteiger partial charge in [-0.05, 0) is 30.4 Å². The Kier molecular flexibility index (Phi) is 4.86. The lowest BCUT2D eigenvalue weighted by molar-refractivity contribution is 0.131. The van der Waals surface area contributed by atoms with Gasteiger partial charge in [-0.2, -0.15) is 0 Å². The summed E-state index contributed by atoms with van der Waals surface area (Å²) in [6, 6.07) is 8.49. The maximum absolute atomic E-state index is 5.67. The van der Waals surface area contributed by atoms with E-state index >= 15 is 0 Å². The zero-order chi connectivity index (χ0) is 12.1. The van der Waals surface area contributed by atoms with Crippen LogP contribution in [-0.2, 0) is 10.1 Å². The smallest absolute Gasteiger partial charge is 0.0641 e. The monoisotopic (exact) mass is 297 g/mol. The predicted molar refractivity (Wildman–Crippen MR) is 75.9 cm³/mol. The van der Waals surface area contributed by atoms with Crippen LogP contribution in [0, 0.1) is 5.92 Å². The van der Waals surface area contributed by atoms with Crippen molar-refractivity contribution in [3.8, 4) is 0 Å². The molecule has 0 aliphatic heterocycles. The zero-order valence-corrected chi connectivity index (χ0v) is 11.9. The average Bonchev–Trinajstić information content (AvgIpc) is 3.18. The Hall–Kier alpha value is -0.540. The molecule has 1 aliphatic carbocycles. The summed E-state index contributed by atoms with van der Waals surface area (Å²) in [5.41, 5.74) is 2.62. The third kappa shape index (κ3) is 4.00. The number of halogens is 1. The standard InChI is InChI=1S/C14H20BrNO/c1-16(8-9-17-11-12-6-7-12)14-5-3-2-4-13(14)10-15/h2-5,12H,6-11H2,1H3. The molecule has 1 aromatic carbocycles. The molecule has 1 saturated carbocycles. The molecule has 2 nitrogen and oxygen atoms in total. The van der Waals surface area contributed by atoms with Crippen molar-refractivity contribution in [3.05, 3.63) is 29.8 Å². The number of nitrogens with zero attached hydrogens (tertiary/aromatic N) is 1. The lowest BCUT2D eigenvalue weighted by Gasteiger charge is -2.21. The third-order valence-electron chi connectivity index (χ3n) is 3.17. The molecular weight excluding hydrogens is 278 g/mol. The van der Waals surface area contributed by atoms with Gasteiger partial charge in [0.15, 0.2) is 0 Å². The first-order valence-electron chi connectivity index (χ1n) is 6.24. The first kappa shape index (κ1) is 12.9. The van der Waals surface area contributed by atoms with Crippen LogP contribution in [0.1, 0.15) is 18.4 Å². The molecule has 0 spiro atoms. The third-order valence-corrected chi connectivity index (χ3v) is 3.77. The maximum Gasteiger partial charge on any atom is 0.0641 e. The highest BCUT2D eigenvalue weighted by atomic mass is 79.9. The molecule has 0 atom stereocenters. The summed E-state index contributed by atoms with van der Waals surface area (Å²) >= 11 is 3.53. The van der Waals surface area contributed by atoms with Crippen LogP contribution in [0.25, 0.3) is 0 Å².